The normalized spacial score (nSPS) is 11.7. The standard InChI is InChI=1S/C27H25N3O4/c1-4-30-24-15-14-20(16-23(24)28-17(2)26(30)32)27(33)34-18(3)25(31)29-22-13-9-8-12-21(22)19-10-6-5-7-11-19/h5-16,18H,4H2,1-3H3,(H,29,31). The fraction of sp³-hybridized carbons (Fsp3) is 0.185. The van der Waals surface area contributed by atoms with Crippen LogP contribution < -0.4 is 10.9 Å². The molecule has 1 amide bonds. The quantitative estimate of drug-likeness (QED) is 0.430. The summed E-state index contributed by atoms with van der Waals surface area (Å²) in [5, 5.41) is 2.86. The minimum absolute atomic E-state index is 0.161. The zero-order valence-electron chi connectivity index (χ0n) is 19.2. The van der Waals surface area contributed by atoms with Crippen LogP contribution in [0.25, 0.3) is 22.2 Å². The number of carbonyl (C=O) groups excluding carboxylic acids is 2. The van der Waals surface area contributed by atoms with E-state index in [2.05, 4.69) is 10.3 Å². The van der Waals surface area contributed by atoms with Crippen LogP contribution in [0, 0.1) is 6.92 Å². The van der Waals surface area contributed by atoms with Crippen LogP contribution in [0.15, 0.2) is 77.6 Å². The monoisotopic (exact) mass is 455 g/mol. The summed E-state index contributed by atoms with van der Waals surface area (Å²) in [6.07, 6.45) is -1.02. The molecule has 172 valence electrons. The van der Waals surface area contributed by atoms with E-state index >= 15 is 0 Å². The molecule has 1 unspecified atom stereocenters. The van der Waals surface area contributed by atoms with E-state index in [1.165, 1.54) is 6.92 Å². The van der Waals surface area contributed by atoms with Crippen molar-refractivity contribution in [3.8, 4) is 11.1 Å². The van der Waals surface area contributed by atoms with Gasteiger partial charge in [0, 0.05) is 17.8 Å². The van der Waals surface area contributed by atoms with Gasteiger partial charge >= 0.3 is 5.97 Å². The Bertz CT molecular complexity index is 1430. The fourth-order valence-electron chi connectivity index (χ4n) is 3.79. The average Bonchev–Trinajstić information content (AvgIpc) is 2.85. The lowest BCUT2D eigenvalue weighted by Gasteiger charge is -2.16. The summed E-state index contributed by atoms with van der Waals surface area (Å²) < 4.78 is 7.03. The van der Waals surface area contributed by atoms with Gasteiger partial charge in [-0.15, -0.1) is 0 Å². The van der Waals surface area contributed by atoms with Crippen molar-refractivity contribution in [1.82, 2.24) is 9.55 Å². The van der Waals surface area contributed by atoms with E-state index < -0.39 is 18.0 Å². The molecule has 0 bridgehead atoms. The van der Waals surface area contributed by atoms with Crippen molar-refractivity contribution in [2.24, 2.45) is 0 Å². The first-order chi connectivity index (χ1) is 16.4. The van der Waals surface area contributed by atoms with Crippen LogP contribution in [0.2, 0.25) is 0 Å². The number of ether oxygens (including phenoxy) is 1. The van der Waals surface area contributed by atoms with Gasteiger partial charge in [0.1, 0.15) is 5.69 Å². The Morgan fingerprint density at radius 2 is 1.74 bits per heavy atom. The SMILES string of the molecule is CCn1c(=O)c(C)nc2cc(C(=O)OC(C)C(=O)Nc3ccccc3-c3ccccc3)ccc21. The number of hydrogen-bond acceptors (Lipinski definition) is 5. The van der Waals surface area contributed by atoms with Crippen molar-refractivity contribution in [2.45, 2.75) is 33.4 Å². The summed E-state index contributed by atoms with van der Waals surface area (Å²) in [6, 6.07) is 22.0. The number of rotatable bonds is 6. The summed E-state index contributed by atoms with van der Waals surface area (Å²) in [5.74, 6) is -1.08. The minimum atomic E-state index is -1.02. The highest BCUT2D eigenvalue weighted by Gasteiger charge is 2.21. The molecule has 1 atom stereocenters. The second kappa shape index (κ2) is 9.70. The van der Waals surface area contributed by atoms with Crippen LogP contribution in [-0.4, -0.2) is 27.5 Å². The second-order valence-electron chi connectivity index (χ2n) is 7.90. The molecule has 34 heavy (non-hydrogen) atoms. The number of nitrogens with one attached hydrogen (secondary N) is 1. The highest BCUT2D eigenvalue weighted by Crippen LogP contribution is 2.27. The van der Waals surface area contributed by atoms with Crippen LogP contribution in [-0.2, 0) is 16.1 Å². The minimum Gasteiger partial charge on any atom is -0.449 e. The van der Waals surface area contributed by atoms with Crippen LogP contribution in [0.3, 0.4) is 0 Å². The lowest BCUT2D eigenvalue weighted by Crippen LogP contribution is -2.30. The van der Waals surface area contributed by atoms with Crippen molar-refractivity contribution in [3.05, 3.63) is 94.4 Å². The van der Waals surface area contributed by atoms with Crippen molar-refractivity contribution in [1.29, 1.82) is 0 Å². The number of hydrogen-bond donors (Lipinski definition) is 1. The van der Waals surface area contributed by atoms with E-state index in [-0.39, 0.29) is 11.1 Å². The first-order valence-electron chi connectivity index (χ1n) is 11.1. The van der Waals surface area contributed by atoms with Gasteiger partial charge in [0.25, 0.3) is 11.5 Å². The summed E-state index contributed by atoms with van der Waals surface area (Å²) in [6.45, 7) is 5.53. The number of amides is 1. The predicted molar refractivity (Wildman–Crippen MR) is 132 cm³/mol. The summed E-state index contributed by atoms with van der Waals surface area (Å²) in [4.78, 5) is 42.2. The van der Waals surface area contributed by atoms with Crippen LogP contribution >= 0.6 is 0 Å². The Morgan fingerprint density at radius 1 is 1.03 bits per heavy atom. The van der Waals surface area contributed by atoms with Gasteiger partial charge in [0.2, 0.25) is 0 Å². The predicted octanol–water partition coefficient (Wildman–Crippen LogP) is 4.58. The molecule has 1 heterocycles. The molecule has 3 aromatic carbocycles. The first-order valence-corrected chi connectivity index (χ1v) is 11.1. The Kier molecular flexibility index (Phi) is 6.54. The second-order valence-corrected chi connectivity index (χ2v) is 7.90. The maximum atomic E-state index is 12.8. The summed E-state index contributed by atoms with van der Waals surface area (Å²) in [7, 11) is 0. The number of aryl methyl sites for hydroxylation is 2. The molecule has 0 aliphatic rings. The number of carbonyl (C=O) groups is 2. The molecule has 4 rings (SSSR count). The average molecular weight is 456 g/mol. The molecule has 0 aliphatic heterocycles. The molecule has 0 fully saturated rings. The van der Waals surface area contributed by atoms with E-state index in [1.807, 2.05) is 55.5 Å². The third kappa shape index (κ3) is 4.59. The summed E-state index contributed by atoms with van der Waals surface area (Å²) in [5.41, 5.74) is 4.06. The zero-order valence-corrected chi connectivity index (χ0v) is 19.2. The Balaban J connectivity index is 1.51. The van der Waals surface area contributed by atoms with Crippen molar-refractivity contribution < 1.29 is 14.3 Å². The van der Waals surface area contributed by atoms with Gasteiger partial charge in [0.15, 0.2) is 6.10 Å². The van der Waals surface area contributed by atoms with Crippen molar-refractivity contribution in [2.75, 3.05) is 5.32 Å². The van der Waals surface area contributed by atoms with E-state index in [9.17, 15) is 14.4 Å². The Labute approximate surface area is 197 Å². The molecular formula is C27H25N3O4. The van der Waals surface area contributed by atoms with Crippen molar-refractivity contribution in [3.63, 3.8) is 0 Å². The fourth-order valence-corrected chi connectivity index (χ4v) is 3.79. The van der Waals surface area contributed by atoms with Gasteiger partial charge in [0.05, 0.1) is 16.6 Å². The number of aromatic nitrogens is 2. The molecule has 0 radical (unpaired) electrons. The zero-order chi connectivity index (χ0) is 24.2. The molecular weight excluding hydrogens is 430 g/mol. The molecule has 1 N–H and O–H groups in total. The topological polar surface area (TPSA) is 90.3 Å². The molecule has 7 heteroatoms. The lowest BCUT2D eigenvalue weighted by molar-refractivity contribution is -0.123. The highest BCUT2D eigenvalue weighted by atomic mass is 16.5. The maximum Gasteiger partial charge on any atom is 0.338 e. The van der Waals surface area contributed by atoms with E-state index in [0.29, 0.717) is 29.0 Å². The molecule has 7 nitrogen and oxygen atoms in total. The molecule has 0 aliphatic carbocycles. The van der Waals surface area contributed by atoms with E-state index in [4.69, 9.17) is 4.74 Å². The van der Waals surface area contributed by atoms with Crippen LogP contribution in [0.1, 0.15) is 29.9 Å². The van der Waals surface area contributed by atoms with E-state index in [1.54, 1.807) is 35.8 Å². The van der Waals surface area contributed by atoms with E-state index in [0.717, 1.165) is 11.1 Å². The number of para-hydroxylation sites is 1. The molecule has 0 saturated heterocycles. The number of anilines is 1. The molecule has 4 aromatic rings. The number of esters is 1. The summed E-state index contributed by atoms with van der Waals surface area (Å²) >= 11 is 0. The first kappa shape index (κ1) is 22.9. The molecule has 0 saturated carbocycles. The third-order valence-electron chi connectivity index (χ3n) is 5.58. The van der Waals surface area contributed by atoms with Gasteiger partial charge in [-0.05, 0) is 50.6 Å². The maximum absolute atomic E-state index is 12.8. The smallest absolute Gasteiger partial charge is 0.338 e. The van der Waals surface area contributed by atoms with Crippen LogP contribution in [0.4, 0.5) is 5.69 Å². The van der Waals surface area contributed by atoms with Gasteiger partial charge in [-0.25, -0.2) is 9.78 Å². The largest absolute Gasteiger partial charge is 0.449 e. The Morgan fingerprint density at radius 3 is 2.47 bits per heavy atom. The van der Waals surface area contributed by atoms with Crippen LogP contribution in [0.5, 0.6) is 0 Å². The van der Waals surface area contributed by atoms with Gasteiger partial charge in [-0.2, -0.15) is 0 Å². The lowest BCUT2D eigenvalue weighted by atomic mass is 10.0. The van der Waals surface area contributed by atoms with Gasteiger partial charge < -0.3 is 14.6 Å². The number of benzene rings is 3. The number of nitrogens with zero attached hydrogens (tertiary/aromatic N) is 2. The molecule has 0 spiro atoms. The van der Waals surface area contributed by atoms with Gasteiger partial charge in [-0.3, -0.25) is 9.59 Å². The highest BCUT2D eigenvalue weighted by molar-refractivity contribution is 6.00. The number of fused-ring (bicyclic) bond motifs is 1. The van der Waals surface area contributed by atoms with Crippen molar-refractivity contribution >= 4 is 28.6 Å². The molecule has 1 aromatic heterocycles. The van der Waals surface area contributed by atoms with Gasteiger partial charge in [-0.1, -0.05) is 48.5 Å². The Hall–Kier alpha value is -4.26. The third-order valence-corrected chi connectivity index (χ3v) is 5.58.